The molecule has 0 aliphatic heterocycles. The number of hydrogen-bond donors (Lipinski definition) is 0. The lowest BCUT2D eigenvalue weighted by Crippen LogP contribution is -1.99. The highest BCUT2D eigenvalue weighted by molar-refractivity contribution is 7.53. The molecule has 4 aromatic rings. The van der Waals surface area contributed by atoms with Crippen LogP contribution in [0.25, 0.3) is 33.9 Å². The molecule has 6 heteroatoms. The summed E-state index contributed by atoms with van der Waals surface area (Å²) in [6.45, 7) is 4.32. The minimum absolute atomic E-state index is 0.231. The summed E-state index contributed by atoms with van der Waals surface area (Å²) in [5.74, 6) is 0.638. The van der Waals surface area contributed by atoms with Gasteiger partial charge < -0.3 is 9.05 Å². The molecule has 168 valence electrons. The molecular formula is C27H27N2O3P. The average molecular weight is 458 g/mol. The van der Waals surface area contributed by atoms with Crippen molar-refractivity contribution in [3.8, 4) is 33.9 Å². The van der Waals surface area contributed by atoms with Crippen LogP contribution < -0.4 is 0 Å². The van der Waals surface area contributed by atoms with Crippen LogP contribution in [0.4, 0.5) is 0 Å². The molecule has 0 radical (unpaired) electrons. The van der Waals surface area contributed by atoms with E-state index < -0.39 is 7.60 Å². The molecule has 0 spiro atoms. The van der Waals surface area contributed by atoms with E-state index in [0.717, 1.165) is 33.6 Å². The predicted molar refractivity (Wildman–Crippen MR) is 133 cm³/mol. The summed E-state index contributed by atoms with van der Waals surface area (Å²) in [5.41, 5.74) is 5.55. The van der Waals surface area contributed by atoms with Gasteiger partial charge in [0.1, 0.15) is 0 Å². The third kappa shape index (κ3) is 5.82. The molecule has 0 N–H and O–H groups in total. The quantitative estimate of drug-likeness (QED) is 0.247. The highest BCUT2D eigenvalue weighted by Crippen LogP contribution is 2.51. The molecule has 5 nitrogen and oxygen atoms in total. The van der Waals surface area contributed by atoms with Gasteiger partial charge in [0.15, 0.2) is 5.82 Å². The van der Waals surface area contributed by atoms with E-state index in [1.807, 2.05) is 105 Å². The maximum absolute atomic E-state index is 12.9. The Morgan fingerprint density at radius 3 is 1.61 bits per heavy atom. The van der Waals surface area contributed by atoms with E-state index in [0.29, 0.717) is 19.0 Å². The van der Waals surface area contributed by atoms with E-state index in [1.165, 1.54) is 0 Å². The van der Waals surface area contributed by atoms with Crippen molar-refractivity contribution in [2.45, 2.75) is 20.0 Å². The number of aromatic nitrogens is 2. The van der Waals surface area contributed by atoms with E-state index in [1.54, 1.807) is 0 Å². The first-order valence-electron chi connectivity index (χ1n) is 11.1. The molecule has 0 saturated carbocycles. The fourth-order valence-corrected chi connectivity index (χ4v) is 5.30. The molecule has 0 amide bonds. The zero-order chi connectivity index (χ0) is 23.1. The first-order valence-corrected chi connectivity index (χ1v) is 12.8. The first-order chi connectivity index (χ1) is 16.1. The first kappa shape index (κ1) is 23.1. The molecule has 0 saturated heterocycles. The van der Waals surface area contributed by atoms with Gasteiger partial charge in [0.2, 0.25) is 0 Å². The molecule has 0 unspecified atom stereocenters. The van der Waals surface area contributed by atoms with Gasteiger partial charge in [-0.2, -0.15) is 0 Å². The van der Waals surface area contributed by atoms with E-state index >= 15 is 0 Å². The summed E-state index contributed by atoms with van der Waals surface area (Å²) in [7, 11) is -3.16. The Labute approximate surface area is 195 Å². The summed E-state index contributed by atoms with van der Waals surface area (Å²) in [6.07, 6.45) is 0.231. The average Bonchev–Trinajstić information content (AvgIpc) is 2.85. The fraction of sp³-hybridized carbons (Fsp3) is 0.185. The smallest absolute Gasteiger partial charge is 0.309 e. The van der Waals surface area contributed by atoms with Gasteiger partial charge in [-0.05, 0) is 25.5 Å². The van der Waals surface area contributed by atoms with Gasteiger partial charge in [-0.1, -0.05) is 84.9 Å². The maximum Gasteiger partial charge on any atom is 0.335 e. The fourth-order valence-electron chi connectivity index (χ4n) is 3.59. The topological polar surface area (TPSA) is 61.3 Å². The minimum Gasteiger partial charge on any atom is -0.309 e. The Bertz CT molecular complexity index is 1160. The van der Waals surface area contributed by atoms with Crippen LogP contribution in [0.2, 0.25) is 0 Å². The summed E-state index contributed by atoms with van der Waals surface area (Å²) in [6, 6.07) is 30.0. The molecule has 0 aliphatic rings. The molecule has 1 aromatic heterocycles. The molecule has 33 heavy (non-hydrogen) atoms. The number of hydrogen-bond acceptors (Lipinski definition) is 5. The Morgan fingerprint density at radius 2 is 1.15 bits per heavy atom. The van der Waals surface area contributed by atoms with E-state index in [-0.39, 0.29) is 6.16 Å². The Balaban J connectivity index is 1.70. The largest absolute Gasteiger partial charge is 0.335 e. The maximum atomic E-state index is 12.9. The van der Waals surface area contributed by atoms with Crippen LogP contribution in [0.3, 0.4) is 0 Å². The monoisotopic (exact) mass is 458 g/mol. The van der Waals surface area contributed by atoms with Gasteiger partial charge in [-0.25, -0.2) is 9.97 Å². The van der Waals surface area contributed by atoms with Crippen molar-refractivity contribution in [1.29, 1.82) is 0 Å². The van der Waals surface area contributed by atoms with Gasteiger partial charge in [0.25, 0.3) is 0 Å². The number of nitrogens with zero attached hydrogens (tertiary/aromatic N) is 2. The van der Waals surface area contributed by atoms with E-state index in [4.69, 9.17) is 19.0 Å². The Hall–Kier alpha value is -3.11. The minimum atomic E-state index is -3.16. The van der Waals surface area contributed by atoms with Crippen LogP contribution in [0.5, 0.6) is 0 Å². The van der Waals surface area contributed by atoms with E-state index in [9.17, 15) is 4.57 Å². The predicted octanol–water partition coefficient (Wildman–Crippen LogP) is 7.24. The molecule has 3 aromatic carbocycles. The standard InChI is InChI=1S/C27H27N2O3P/c1-3-31-33(30,32-4-2)20-21-15-17-24(18-16-21)27-28-25(22-11-7-5-8-12-22)19-26(29-27)23-13-9-6-10-14-23/h5-19H,3-4,20H2,1-2H3. The SMILES string of the molecule is CCOP(=O)(Cc1ccc(-c2nc(-c3ccccc3)cc(-c3ccccc3)n2)cc1)OCC. The number of rotatable bonds is 9. The lowest BCUT2D eigenvalue weighted by molar-refractivity contribution is 0.219. The third-order valence-electron chi connectivity index (χ3n) is 5.11. The van der Waals surface area contributed by atoms with Gasteiger partial charge >= 0.3 is 7.60 Å². The zero-order valence-corrected chi connectivity index (χ0v) is 19.7. The second-order valence-corrected chi connectivity index (χ2v) is 9.55. The highest BCUT2D eigenvalue weighted by atomic mass is 31.2. The van der Waals surface area contributed by atoms with Crippen LogP contribution >= 0.6 is 7.60 Å². The zero-order valence-electron chi connectivity index (χ0n) is 18.8. The van der Waals surface area contributed by atoms with Crippen LogP contribution in [0.15, 0.2) is 91.0 Å². The molecular weight excluding hydrogens is 431 g/mol. The molecule has 4 rings (SSSR count). The third-order valence-corrected chi connectivity index (χ3v) is 7.16. The van der Waals surface area contributed by atoms with E-state index in [2.05, 4.69) is 0 Å². The van der Waals surface area contributed by atoms with Crippen molar-refractivity contribution < 1.29 is 13.6 Å². The summed E-state index contributed by atoms with van der Waals surface area (Å²) in [4.78, 5) is 9.69. The summed E-state index contributed by atoms with van der Waals surface area (Å²) >= 11 is 0. The van der Waals surface area contributed by atoms with Crippen molar-refractivity contribution in [2.75, 3.05) is 13.2 Å². The van der Waals surface area contributed by atoms with Crippen molar-refractivity contribution in [3.05, 3.63) is 96.6 Å². The van der Waals surface area contributed by atoms with Crippen molar-refractivity contribution >= 4 is 7.60 Å². The molecule has 0 fully saturated rings. The van der Waals surface area contributed by atoms with Gasteiger partial charge in [0.05, 0.1) is 30.8 Å². The van der Waals surface area contributed by atoms with Crippen LogP contribution in [-0.4, -0.2) is 23.2 Å². The van der Waals surface area contributed by atoms with Crippen molar-refractivity contribution in [1.82, 2.24) is 9.97 Å². The molecule has 0 atom stereocenters. The lowest BCUT2D eigenvalue weighted by Gasteiger charge is -2.17. The normalized spacial score (nSPS) is 11.5. The molecule has 0 aliphatic carbocycles. The number of benzene rings is 3. The molecule has 0 bridgehead atoms. The van der Waals surface area contributed by atoms with Gasteiger partial charge in [0, 0.05) is 16.7 Å². The van der Waals surface area contributed by atoms with Crippen LogP contribution in [0.1, 0.15) is 19.4 Å². The van der Waals surface area contributed by atoms with Gasteiger partial charge in [-0.3, -0.25) is 4.57 Å². The van der Waals surface area contributed by atoms with Crippen molar-refractivity contribution in [2.24, 2.45) is 0 Å². The highest BCUT2D eigenvalue weighted by Gasteiger charge is 2.24. The second-order valence-electron chi connectivity index (χ2n) is 7.50. The van der Waals surface area contributed by atoms with Crippen LogP contribution in [0, 0.1) is 0 Å². The molecule has 1 heterocycles. The van der Waals surface area contributed by atoms with Crippen LogP contribution in [-0.2, 0) is 19.8 Å². The lowest BCUT2D eigenvalue weighted by atomic mass is 10.1. The second kappa shape index (κ2) is 10.7. The Kier molecular flexibility index (Phi) is 7.46. The summed E-state index contributed by atoms with van der Waals surface area (Å²) in [5, 5.41) is 0. The summed E-state index contributed by atoms with van der Waals surface area (Å²) < 4.78 is 23.7. The Morgan fingerprint density at radius 1 is 0.667 bits per heavy atom. The van der Waals surface area contributed by atoms with Crippen molar-refractivity contribution in [3.63, 3.8) is 0 Å². The van der Waals surface area contributed by atoms with Gasteiger partial charge in [-0.15, -0.1) is 0 Å².